The summed E-state index contributed by atoms with van der Waals surface area (Å²) in [6.45, 7) is 3.90. The molecule has 18 heavy (non-hydrogen) atoms. The summed E-state index contributed by atoms with van der Waals surface area (Å²) < 4.78 is 22.8. The normalized spacial score (nSPS) is 23.2. The molecule has 0 aromatic carbocycles. The minimum absolute atomic E-state index is 0.0334. The van der Waals surface area contributed by atoms with Crippen molar-refractivity contribution in [3.05, 3.63) is 0 Å². The van der Waals surface area contributed by atoms with Gasteiger partial charge in [-0.3, -0.25) is 0 Å². The maximum absolute atomic E-state index is 10.5. The van der Waals surface area contributed by atoms with Gasteiger partial charge in [0.25, 0.3) is 0 Å². The van der Waals surface area contributed by atoms with Gasteiger partial charge in [-0.15, -0.1) is 0 Å². The Hall–Kier alpha value is -1.54. The van der Waals surface area contributed by atoms with Crippen LogP contribution in [0, 0.1) is 0 Å². The van der Waals surface area contributed by atoms with Crippen LogP contribution in [0.2, 0.25) is 0 Å². The molecule has 2 heterocycles. The van der Waals surface area contributed by atoms with Gasteiger partial charge in [-0.05, 0) is 6.92 Å². The maximum atomic E-state index is 10.5. The topological polar surface area (TPSA) is 107 Å². The number of rotatable bonds is 5. The van der Waals surface area contributed by atoms with Gasteiger partial charge >= 0.3 is 12.3 Å². The number of ether oxygens (including phenoxy) is 5. The Kier molecular flexibility index (Phi) is 6.23. The van der Waals surface area contributed by atoms with Crippen molar-refractivity contribution >= 4 is 12.3 Å². The van der Waals surface area contributed by atoms with Crippen LogP contribution >= 0.6 is 0 Å². The Morgan fingerprint density at radius 1 is 1.11 bits per heavy atom. The molecular formula is C10H16O8. The number of hydrogen-bond donors (Lipinski definition) is 1. The maximum Gasteiger partial charge on any atom is 0.508 e. The summed E-state index contributed by atoms with van der Waals surface area (Å²) in [6, 6.07) is 0. The van der Waals surface area contributed by atoms with Crippen molar-refractivity contribution in [1.82, 2.24) is 0 Å². The van der Waals surface area contributed by atoms with E-state index in [4.69, 9.17) is 9.84 Å². The zero-order valence-electron chi connectivity index (χ0n) is 10.00. The first-order valence-electron chi connectivity index (χ1n) is 5.50. The van der Waals surface area contributed by atoms with Gasteiger partial charge in [0, 0.05) is 0 Å². The van der Waals surface area contributed by atoms with Gasteiger partial charge in [0.1, 0.15) is 25.4 Å². The molecule has 8 nitrogen and oxygen atoms in total. The fraction of sp³-hybridized carbons (Fsp3) is 0.800. The first kappa shape index (κ1) is 14.5. The van der Waals surface area contributed by atoms with E-state index in [-0.39, 0.29) is 18.8 Å². The Morgan fingerprint density at radius 3 is 2.00 bits per heavy atom. The highest BCUT2D eigenvalue weighted by atomic mass is 16.7. The molecule has 104 valence electrons. The van der Waals surface area contributed by atoms with E-state index in [1.54, 1.807) is 6.92 Å². The molecule has 2 rings (SSSR count). The van der Waals surface area contributed by atoms with Crippen LogP contribution in [0.3, 0.4) is 0 Å². The van der Waals surface area contributed by atoms with Gasteiger partial charge < -0.3 is 28.8 Å². The second-order valence-corrected chi connectivity index (χ2v) is 3.48. The standard InChI is InChI=1S/C6H10O4.C4H6O4/c1-2-8-6(7)10-4-5-3-9-5;5-4(6)8-2-3-1-7-3/h5H,2-4H2,1H3;3H,1-2H2,(H,5,6). The summed E-state index contributed by atoms with van der Waals surface area (Å²) in [4.78, 5) is 20.1. The summed E-state index contributed by atoms with van der Waals surface area (Å²) in [5.74, 6) is 0. The molecule has 2 aliphatic rings. The molecule has 0 aromatic heterocycles. The molecule has 8 heteroatoms. The minimum Gasteiger partial charge on any atom is -0.450 e. The second kappa shape index (κ2) is 7.72. The van der Waals surface area contributed by atoms with Crippen molar-refractivity contribution in [3.63, 3.8) is 0 Å². The van der Waals surface area contributed by atoms with Crippen molar-refractivity contribution in [1.29, 1.82) is 0 Å². The van der Waals surface area contributed by atoms with Crippen LogP contribution in [0.1, 0.15) is 6.92 Å². The number of epoxide rings is 2. The van der Waals surface area contributed by atoms with Gasteiger partial charge in [0.15, 0.2) is 0 Å². The third kappa shape index (κ3) is 8.59. The molecular weight excluding hydrogens is 248 g/mol. The van der Waals surface area contributed by atoms with Crippen LogP contribution in [0.25, 0.3) is 0 Å². The van der Waals surface area contributed by atoms with E-state index in [2.05, 4.69) is 18.9 Å². The summed E-state index contributed by atoms with van der Waals surface area (Å²) in [5.41, 5.74) is 0. The van der Waals surface area contributed by atoms with Crippen molar-refractivity contribution in [2.24, 2.45) is 0 Å². The highest BCUT2D eigenvalue weighted by molar-refractivity contribution is 5.59. The monoisotopic (exact) mass is 264 g/mol. The van der Waals surface area contributed by atoms with Gasteiger partial charge in [-0.2, -0.15) is 0 Å². The quantitative estimate of drug-likeness (QED) is 0.569. The predicted molar refractivity (Wildman–Crippen MR) is 56.4 cm³/mol. The minimum atomic E-state index is -1.24. The van der Waals surface area contributed by atoms with Gasteiger partial charge in [-0.25, -0.2) is 9.59 Å². The van der Waals surface area contributed by atoms with Crippen molar-refractivity contribution < 1.29 is 38.4 Å². The summed E-state index contributed by atoms with van der Waals surface area (Å²) in [7, 11) is 0. The third-order valence-corrected chi connectivity index (χ3v) is 1.85. The predicted octanol–water partition coefficient (Wildman–Crippen LogP) is 0.638. The molecule has 2 unspecified atom stereocenters. The average Bonchev–Trinajstić information content (AvgIpc) is 3.17. The summed E-state index contributed by atoms with van der Waals surface area (Å²) in [5, 5.41) is 7.91. The number of hydrogen-bond acceptors (Lipinski definition) is 7. The van der Waals surface area contributed by atoms with E-state index in [0.717, 1.165) is 0 Å². The number of carbonyl (C=O) groups excluding carboxylic acids is 1. The fourth-order valence-electron chi connectivity index (χ4n) is 0.813. The molecule has 1 N–H and O–H groups in total. The van der Waals surface area contributed by atoms with E-state index >= 15 is 0 Å². The van der Waals surface area contributed by atoms with E-state index in [1.807, 2.05) is 0 Å². The molecule has 0 amide bonds. The first-order valence-corrected chi connectivity index (χ1v) is 5.50. The molecule has 2 saturated heterocycles. The molecule has 2 atom stereocenters. The molecule has 0 radical (unpaired) electrons. The van der Waals surface area contributed by atoms with Crippen molar-refractivity contribution in [2.45, 2.75) is 19.1 Å². The highest BCUT2D eigenvalue weighted by Crippen LogP contribution is 2.08. The fourth-order valence-corrected chi connectivity index (χ4v) is 0.813. The lowest BCUT2D eigenvalue weighted by molar-refractivity contribution is 0.0541. The van der Waals surface area contributed by atoms with E-state index in [9.17, 15) is 9.59 Å². The largest absolute Gasteiger partial charge is 0.508 e. The summed E-state index contributed by atoms with van der Waals surface area (Å²) in [6.07, 6.45) is -1.70. The van der Waals surface area contributed by atoms with E-state index in [1.165, 1.54) is 0 Å². The van der Waals surface area contributed by atoms with Crippen molar-refractivity contribution in [2.75, 3.05) is 33.0 Å². The lowest BCUT2D eigenvalue weighted by Crippen LogP contribution is -2.10. The zero-order valence-corrected chi connectivity index (χ0v) is 10.00. The molecule has 0 spiro atoms. The Balaban J connectivity index is 0.000000184. The van der Waals surface area contributed by atoms with Crippen LogP contribution in [0.5, 0.6) is 0 Å². The Labute approximate surface area is 104 Å². The van der Waals surface area contributed by atoms with Crippen LogP contribution in [0.15, 0.2) is 0 Å². The van der Waals surface area contributed by atoms with E-state index in [0.29, 0.717) is 26.4 Å². The van der Waals surface area contributed by atoms with Gasteiger partial charge in [0.2, 0.25) is 0 Å². The molecule has 0 bridgehead atoms. The van der Waals surface area contributed by atoms with Crippen LogP contribution in [-0.4, -0.2) is 62.7 Å². The van der Waals surface area contributed by atoms with Gasteiger partial charge in [0.05, 0.1) is 19.8 Å². The lowest BCUT2D eigenvalue weighted by Gasteiger charge is -2.00. The number of carboxylic acid groups (broad SMARTS) is 1. The molecule has 0 aliphatic carbocycles. The van der Waals surface area contributed by atoms with Crippen LogP contribution in [0.4, 0.5) is 9.59 Å². The summed E-state index contributed by atoms with van der Waals surface area (Å²) >= 11 is 0. The van der Waals surface area contributed by atoms with Crippen LogP contribution in [-0.2, 0) is 23.7 Å². The molecule has 0 aromatic rings. The Bertz CT molecular complexity index is 271. The third-order valence-electron chi connectivity index (χ3n) is 1.85. The lowest BCUT2D eigenvalue weighted by atomic mass is 10.5. The zero-order chi connectivity index (χ0) is 13.4. The SMILES string of the molecule is CCOC(=O)OCC1CO1.O=C(O)OCC1CO1. The average molecular weight is 264 g/mol. The molecule has 2 fully saturated rings. The molecule has 2 aliphatic heterocycles. The Morgan fingerprint density at radius 2 is 1.61 bits per heavy atom. The highest BCUT2D eigenvalue weighted by Gasteiger charge is 2.24. The smallest absolute Gasteiger partial charge is 0.450 e. The first-order chi connectivity index (χ1) is 8.61. The second-order valence-electron chi connectivity index (χ2n) is 3.48. The molecule has 0 saturated carbocycles. The van der Waals surface area contributed by atoms with E-state index < -0.39 is 12.3 Å². The van der Waals surface area contributed by atoms with Crippen molar-refractivity contribution in [3.8, 4) is 0 Å². The number of carbonyl (C=O) groups is 2. The van der Waals surface area contributed by atoms with Gasteiger partial charge in [-0.1, -0.05) is 0 Å². The van der Waals surface area contributed by atoms with Crippen LogP contribution < -0.4 is 0 Å².